The number of nitrogens with two attached hydrogens (primary N) is 1. The van der Waals surface area contributed by atoms with E-state index in [4.69, 9.17) is 5.73 Å². The first-order chi connectivity index (χ1) is 5.70. The van der Waals surface area contributed by atoms with Crippen LogP contribution in [0.2, 0.25) is 0 Å². The number of carbonyl (C=O) groups excluding carboxylic acids is 1. The lowest BCUT2D eigenvalue weighted by atomic mass is 10.2. The third kappa shape index (κ3) is 1.31. The zero-order valence-electron chi connectivity index (χ0n) is 7.07. The lowest BCUT2D eigenvalue weighted by Gasteiger charge is -2.01. The van der Waals surface area contributed by atoms with Crippen molar-refractivity contribution in [1.82, 2.24) is 9.78 Å². The van der Waals surface area contributed by atoms with Crippen LogP contribution in [0.4, 0.5) is 0 Å². The average Bonchev–Trinajstić information content (AvgIpc) is 2.45. The summed E-state index contributed by atoms with van der Waals surface area (Å²) in [6.45, 7) is 0.290. The van der Waals surface area contributed by atoms with Gasteiger partial charge in [0, 0.05) is 19.2 Å². The molecule has 1 heterocycles. The summed E-state index contributed by atoms with van der Waals surface area (Å²) in [7, 11) is 3.00. The third-order valence-corrected chi connectivity index (χ3v) is 1.61. The van der Waals surface area contributed by atoms with Crippen LogP contribution in [-0.4, -0.2) is 22.9 Å². The van der Waals surface area contributed by atoms with Gasteiger partial charge in [-0.25, -0.2) is 4.79 Å². The molecular weight excluding hydrogens is 158 g/mol. The van der Waals surface area contributed by atoms with Gasteiger partial charge in [0.25, 0.3) is 0 Å². The number of carbonyl (C=O) groups is 1. The topological polar surface area (TPSA) is 70.1 Å². The molecule has 0 aliphatic heterocycles. The number of rotatable bonds is 2. The molecule has 0 radical (unpaired) electrons. The molecule has 0 saturated heterocycles. The lowest BCUT2D eigenvalue weighted by molar-refractivity contribution is 0.0587. The number of hydrogen-bond acceptors (Lipinski definition) is 4. The normalized spacial score (nSPS) is 9.92. The molecule has 5 heteroatoms. The van der Waals surface area contributed by atoms with Crippen LogP contribution in [0.25, 0.3) is 0 Å². The van der Waals surface area contributed by atoms with Crippen molar-refractivity contribution in [3.8, 4) is 0 Å². The number of aromatic nitrogens is 2. The Kier molecular flexibility index (Phi) is 2.44. The molecule has 0 saturated carbocycles. The number of nitrogens with zero attached hydrogens (tertiary/aromatic N) is 2. The first kappa shape index (κ1) is 8.73. The lowest BCUT2D eigenvalue weighted by Crippen LogP contribution is -2.12. The summed E-state index contributed by atoms with van der Waals surface area (Å²) in [4.78, 5) is 11.1. The summed E-state index contributed by atoms with van der Waals surface area (Å²) in [5.41, 5.74) is 6.51. The number of methoxy groups -OCH3 is 1. The maximum Gasteiger partial charge on any atom is 0.356 e. The van der Waals surface area contributed by atoms with Crippen LogP contribution in [0.15, 0.2) is 6.20 Å². The molecule has 5 nitrogen and oxygen atoms in total. The quantitative estimate of drug-likeness (QED) is 0.615. The highest BCUT2D eigenvalue weighted by Crippen LogP contribution is 2.07. The molecule has 0 atom stereocenters. The minimum Gasteiger partial charge on any atom is -0.464 e. The largest absolute Gasteiger partial charge is 0.464 e. The Bertz CT molecular complexity index is 293. The standard InChI is InChI=1S/C7H11N3O2/c1-10-6(7(11)12-2)5(3-8)4-9-10/h4H,3,8H2,1-2H3. The molecule has 66 valence electrons. The van der Waals surface area contributed by atoms with Crippen molar-refractivity contribution in [3.63, 3.8) is 0 Å². The molecule has 0 aliphatic rings. The van der Waals surface area contributed by atoms with Crippen LogP contribution in [0.3, 0.4) is 0 Å². The van der Waals surface area contributed by atoms with Crippen LogP contribution in [0.1, 0.15) is 16.1 Å². The van der Waals surface area contributed by atoms with E-state index in [2.05, 4.69) is 9.84 Å². The van der Waals surface area contributed by atoms with Gasteiger partial charge in [0.1, 0.15) is 0 Å². The molecule has 0 aromatic carbocycles. The maximum atomic E-state index is 11.1. The SMILES string of the molecule is COC(=O)c1c(CN)cnn1C. The fraction of sp³-hybridized carbons (Fsp3) is 0.429. The van der Waals surface area contributed by atoms with Crippen LogP contribution in [0.5, 0.6) is 0 Å². The van der Waals surface area contributed by atoms with Crippen LogP contribution in [0, 0.1) is 0 Å². The molecule has 0 unspecified atom stereocenters. The Labute approximate surface area is 70.1 Å². The van der Waals surface area contributed by atoms with Crippen LogP contribution >= 0.6 is 0 Å². The van der Waals surface area contributed by atoms with E-state index in [1.165, 1.54) is 11.8 Å². The number of esters is 1. The zero-order valence-corrected chi connectivity index (χ0v) is 7.07. The summed E-state index contributed by atoms with van der Waals surface area (Å²) in [6, 6.07) is 0. The van der Waals surface area contributed by atoms with E-state index >= 15 is 0 Å². The van der Waals surface area contributed by atoms with Crippen molar-refractivity contribution in [1.29, 1.82) is 0 Å². The molecule has 1 aromatic rings. The maximum absolute atomic E-state index is 11.1. The van der Waals surface area contributed by atoms with Crippen molar-refractivity contribution < 1.29 is 9.53 Å². The zero-order chi connectivity index (χ0) is 9.14. The number of hydrogen-bond donors (Lipinski definition) is 1. The van der Waals surface area contributed by atoms with E-state index < -0.39 is 5.97 Å². The van der Waals surface area contributed by atoms with Gasteiger partial charge in [-0.3, -0.25) is 4.68 Å². The molecule has 0 spiro atoms. The molecule has 12 heavy (non-hydrogen) atoms. The summed E-state index contributed by atoms with van der Waals surface area (Å²) in [6.07, 6.45) is 1.56. The summed E-state index contributed by atoms with van der Waals surface area (Å²) in [5, 5.41) is 3.89. The first-order valence-corrected chi connectivity index (χ1v) is 3.50. The second-order valence-electron chi connectivity index (χ2n) is 2.34. The molecular formula is C7H11N3O2. The minimum absolute atomic E-state index is 0.290. The Morgan fingerprint density at radius 1 is 1.83 bits per heavy atom. The predicted octanol–water partition coefficient (Wildman–Crippen LogP) is -0.335. The van der Waals surface area contributed by atoms with Gasteiger partial charge in [0.2, 0.25) is 0 Å². The predicted molar refractivity (Wildman–Crippen MR) is 42.4 cm³/mol. The van der Waals surface area contributed by atoms with E-state index in [0.29, 0.717) is 11.3 Å². The molecule has 1 aromatic heterocycles. The smallest absolute Gasteiger partial charge is 0.356 e. The van der Waals surface area contributed by atoms with E-state index in [0.717, 1.165) is 0 Å². The van der Waals surface area contributed by atoms with Gasteiger partial charge in [0.05, 0.1) is 13.3 Å². The molecule has 0 aliphatic carbocycles. The Balaban J connectivity index is 3.10. The van der Waals surface area contributed by atoms with E-state index in [1.807, 2.05) is 0 Å². The van der Waals surface area contributed by atoms with Crippen molar-refractivity contribution in [2.45, 2.75) is 6.54 Å². The Morgan fingerprint density at radius 2 is 2.50 bits per heavy atom. The Morgan fingerprint density at radius 3 is 3.00 bits per heavy atom. The summed E-state index contributed by atoms with van der Waals surface area (Å²) < 4.78 is 6.02. The first-order valence-electron chi connectivity index (χ1n) is 3.50. The van der Waals surface area contributed by atoms with Gasteiger partial charge >= 0.3 is 5.97 Å². The second-order valence-corrected chi connectivity index (χ2v) is 2.34. The van der Waals surface area contributed by atoms with E-state index in [9.17, 15) is 4.79 Å². The molecule has 1 rings (SSSR count). The van der Waals surface area contributed by atoms with Gasteiger partial charge in [-0.1, -0.05) is 0 Å². The monoisotopic (exact) mass is 169 g/mol. The second kappa shape index (κ2) is 3.36. The van der Waals surface area contributed by atoms with Crippen molar-refractivity contribution in [2.24, 2.45) is 12.8 Å². The van der Waals surface area contributed by atoms with E-state index in [1.54, 1.807) is 13.2 Å². The van der Waals surface area contributed by atoms with Gasteiger partial charge < -0.3 is 10.5 Å². The molecule has 2 N–H and O–H groups in total. The van der Waals surface area contributed by atoms with Crippen LogP contribution < -0.4 is 5.73 Å². The van der Waals surface area contributed by atoms with E-state index in [-0.39, 0.29) is 6.54 Å². The van der Waals surface area contributed by atoms with Crippen LogP contribution in [-0.2, 0) is 18.3 Å². The molecule has 0 bridgehead atoms. The molecule has 0 amide bonds. The van der Waals surface area contributed by atoms with Crippen molar-refractivity contribution in [2.75, 3.05) is 7.11 Å². The highest BCUT2D eigenvalue weighted by atomic mass is 16.5. The fourth-order valence-corrected chi connectivity index (χ4v) is 0.992. The van der Waals surface area contributed by atoms with Crippen molar-refractivity contribution >= 4 is 5.97 Å². The average molecular weight is 169 g/mol. The number of ether oxygens (including phenoxy) is 1. The fourth-order valence-electron chi connectivity index (χ4n) is 0.992. The van der Waals surface area contributed by atoms with Gasteiger partial charge in [-0.2, -0.15) is 5.10 Å². The summed E-state index contributed by atoms with van der Waals surface area (Å²) >= 11 is 0. The third-order valence-electron chi connectivity index (χ3n) is 1.61. The highest BCUT2D eigenvalue weighted by Gasteiger charge is 2.15. The van der Waals surface area contributed by atoms with Gasteiger partial charge in [0.15, 0.2) is 5.69 Å². The van der Waals surface area contributed by atoms with Gasteiger partial charge in [-0.05, 0) is 0 Å². The highest BCUT2D eigenvalue weighted by molar-refractivity contribution is 5.88. The summed E-state index contributed by atoms with van der Waals surface area (Å²) in [5.74, 6) is -0.407. The number of aryl methyl sites for hydroxylation is 1. The molecule has 0 fully saturated rings. The van der Waals surface area contributed by atoms with Crippen molar-refractivity contribution in [3.05, 3.63) is 17.5 Å². The van der Waals surface area contributed by atoms with Gasteiger partial charge in [-0.15, -0.1) is 0 Å². The Hall–Kier alpha value is -1.36. The minimum atomic E-state index is -0.407.